The van der Waals surface area contributed by atoms with E-state index in [4.69, 9.17) is 11.6 Å². The lowest BCUT2D eigenvalue weighted by molar-refractivity contribution is 0.166. The van der Waals surface area contributed by atoms with Crippen molar-refractivity contribution in [3.05, 3.63) is 64.4 Å². The van der Waals surface area contributed by atoms with Gasteiger partial charge in [-0.25, -0.2) is 12.8 Å². The molecule has 0 saturated carbocycles. The number of nitrogens with zero attached hydrogens (tertiary/aromatic N) is 1. The number of hydrogen-bond donors (Lipinski definition) is 1. The molecule has 1 aliphatic heterocycles. The maximum Gasteiger partial charge on any atom is 0.239 e. The van der Waals surface area contributed by atoms with Crippen LogP contribution in [0, 0.1) is 5.82 Å². The van der Waals surface area contributed by atoms with Crippen molar-refractivity contribution >= 4 is 27.3 Å². The Bertz CT molecular complexity index is 824. The Kier molecular flexibility index (Phi) is 4.31. The molecule has 4 nitrogen and oxygen atoms in total. The van der Waals surface area contributed by atoms with Crippen LogP contribution in [-0.4, -0.2) is 20.1 Å². The maximum atomic E-state index is 13.0. The largest absolute Gasteiger partial charge is 0.388 e. The molecular formula is C16H15ClFNO3S. The zero-order valence-electron chi connectivity index (χ0n) is 12.1. The van der Waals surface area contributed by atoms with Gasteiger partial charge in [0.05, 0.1) is 17.5 Å². The van der Waals surface area contributed by atoms with E-state index in [1.54, 1.807) is 18.2 Å². The molecule has 1 aliphatic rings. The van der Waals surface area contributed by atoms with Gasteiger partial charge in [0.1, 0.15) is 5.82 Å². The van der Waals surface area contributed by atoms with Gasteiger partial charge in [0.2, 0.25) is 10.0 Å². The standard InChI is InChI=1S/C16H15ClFNO3S/c17-12-3-6-15-14(9-12)16(20)7-8-19(15)23(21,22)10-11-1-4-13(18)5-2-11/h1-6,9,16,20H,7-8,10H2. The number of halogens is 2. The Labute approximate surface area is 139 Å². The summed E-state index contributed by atoms with van der Waals surface area (Å²) in [5.74, 6) is -0.641. The van der Waals surface area contributed by atoms with Crippen molar-refractivity contribution in [3.63, 3.8) is 0 Å². The molecule has 0 fully saturated rings. The van der Waals surface area contributed by atoms with Crippen LogP contribution < -0.4 is 4.31 Å². The normalized spacial score (nSPS) is 17.9. The van der Waals surface area contributed by atoms with Crippen LogP contribution in [0.2, 0.25) is 5.02 Å². The van der Waals surface area contributed by atoms with Gasteiger partial charge < -0.3 is 5.11 Å². The molecule has 1 N–H and O–H groups in total. The minimum Gasteiger partial charge on any atom is -0.388 e. The Morgan fingerprint density at radius 3 is 2.61 bits per heavy atom. The summed E-state index contributed by atoms with van der Waals surface area (Å²) in [7, 11) is -3.64. The van der Waals surface area contributed by atoms with Gasteiger partial charge in [0.25, 0.3) is 0 Å². The molecule has 1 heterocycles. The first-order chi connectivity index (χ1) is 10.9. The van der Waals surface area contributed by atoms with E-state index in [1.807, 2.05) is 0 Å². The van der Waals surface area contributed by atoms with Gasteiger partial charge in [-0.3, -0.25) is 4.31 Å². The highest BCUT2D eigenvalue weighted by Gasteiger charge is 2.31. The van der Waals surface area contributed by atoms with Gasteiger partial charge in [0, 0.05) is 17.1 Å². The van der Waals surface area contributed by atoms with E-state index in [2.05, 4.69) is 0 Å². The summed E-state index contributed by atoms with van der Waals surface area (Å²) in [4.78, 5) is 0. The third-order valence-electron chi connectivity index (χ3n) is 3.82. The Hall–Kier alpha value is -1.63. The maximum absolute atomic E-state index is 13.0. The van der Waals surface area contributed by atoms with Crippen molar-refractivity contribution in [2.24, 2.45) is 0 Å². The predicted molar refractivity (Wildman–Crippen MR) is 87.4 cm³/mol. The third kappa shape index (κ3) is 3.34. The highest BCUT2D eigenvalue weighted by molar-refractivity contribution is 7.92. The summed E-state index contributed by atoms with van der Waals surface area (Å²) in [5, 5.41) is 10.5. The van der Waals surface area contributed by atoms with Crippen LogP contribution in [0.25, 0.3) is 0 Å². The Balaban J connectivity index is 1.95. The van der Waals surface area contributed by atoms with Crippen LogP contribution in [0.15, 0.2) is 42.5 Å². The summed E-state index contributed by atoms with van der Waals surface area (Å²) >= 11 is 5.93. The number of benzene rings is 2. The van der Waals surface area contributed by atoms with Crippen molar-refractivity contribution in [3.8, 4) is 0 Å². The van der Waals surface area contributed by atoms with E-state index in [0.29, 0.717) is 28.3 Å². The molecule has 2 aromatic rings. The molecule has 3 rings (SSSR count). The van der Waals surface area contributed by atoms with Gasteiger partial charge >= 0.3 is 0 Å². The van der Waals surface area contributed by atoms with E-state index in [-0.39, 0.29) is 12.3 Å². The number of rotatable bonds is 3. The second-order valence-electron chi connectivity index (χ2n) is 5.46. The summed E-state index contributed by atoms with van der Waals surface area (Å²) in [6.45, 7) is 0.194. The SMILES string of the molecule is O=S(=O)(Cc1ccc(F)cc1)N1CCC(O)c2cc(Cl)ccc21. The molecule has 0 aliphatic carbocycles. The first-order valence-corrected chi connectivity index (χ1v) is 9.08. The number of aliphatic hydroxyl groups excluding tert-OH is 1. The third-order valence-corrected chi connectivity index (χ3v) is 5.81. The van der Waals surface area contributed by atoms with Crippen molar-refractivity contribution in [1.29, 1.82) is 0 Å². The van der Waals surface area contributed by atoms with Crippen LogP contribution in [0.1, 0.15) is 23.7 Å². The van der Waals surface area contributed by atoms with Gasteiger partial charge in [-0.2, -0.15) is 0 Å². The lowest BCUT2D eigenvalue weighted by Gasteiger charge is -2.33. The van der Waals surface area contributed by atoms with Crippen molar-refractivity contribution in [2.45, 2.75) is 18.3 Å². The topological polar surface area (TPSA) is 57.6 Å². The van der Waals surface area contributed by atoms with Crippen molar-refractivity contribution in [2.75, 3.05) is 10.8 Å². The van der Waals surface area contributed by atoms with E-state index in [0.717, 1.165) is 0 Å². The van der Waals surface area contributed by atoms with Gasteiger partial charge in [-0.15, -0.1) is 0 Å². The van der Waals surface area contributed by atoms with Crippen LogP contribution >= 0.6 is 11.6 Å². The lowest BCUT2D eigenvalue weighted by atomic mass is 10.0. The van der Waals surface area contributed by atoms with E-state index in [9.17, 15) is 17.9 Å². The molecule has 7 heteroatoms. The van der Waals surface area contributed by atoms with Crippen LogP contribution in [-0.2, 0) is 15.8 Å². The highest BCUT2D eigenvalue weighted by Crippen LogP contribution is 2.37. The number of fused-ring (bicyclic) bond motifs is 1. The number of anilines is 1. The summed E-state index contributed by atoms with van der Waals surface area (Å²) < 4.78 is 39.7. The first kappa shape index (κ1) is 16.2. The molecule has 0 aromatic heterocycles. The summed E-state index contributed by atoms with van der Waals surface area (Å²) in [6, 6.07) is 10.2. The fourth-order valence-electron chi connectivity index (χ4n) is 2.69. The molecule has 0 bridgehead atoms. The van der Waals surface area contributed by atoms with Crippen LogP contribution in [0.4, 0.5) is 10.1 Å². The van der Waals surface area contributed by atoms with Gasteiger partial charge in [-0.1, -0.05) is 23.7 Å². The number of hydrogen-bond acceptors (Lipinski definition) is 3. The molecule has 1 unspecified atom stereocenters. The molecule has 2 aromatic carbocycles. The average molecular weight is 356 g/mol. The second kappa shape index (κ2) is 6.11. The summed E-state index contributed by atoms with van der Waals surface area (Å²) in [5.41, 5.74) is 1.45. The van der Waals surface area contributed by atoms with Gasteiger partial charge in [0.15, 0.2) is 0 Å². The fraction of sp³-hybridized carbons (Fsp3) is 0.250. The zero-order chi connectivity index (χ0) is 16.6. The molecule has 0 radical (unpaired) electrons. The van der Waals surface area contributed by atoms with E-state index >= 15 is 0 Å². The first-order valence-electron chi connectivity index (χ1n) is 7.09. The number of sulfonamides is 1. The summed E-state index contributed by atoms with van der Waals surface area (Å²) in [6.07, 6.45) is -0.434. The average Bonchev–Trinajstić information content (AvgIpc) is 2.50. The zero-order valence-corrected chi connectivity index (χ0v) is 13.7. The lowest BCUT2D eigenvalue weighted by Crippen LogP contribution is -2.37. The fourth-order valence-corrected chi connectivity index (χ4v) is 4.49. The molecule has 0 saturated heterocycles. The molecule has 0 amide bonds. The van der Waals surface area contributed by atoms with Crippen molar-refractivity contribution < 1.29 is 17.9 Å². The van der Waals surface area contributed by atoms with Crippen molar-refractivity contribution in [1.82, 2.24) is 0 Å². The van der Waals surface area contributed by atoms with E-state index in [1.165, 1.54) is 28.6 Å². The molecule has 1 atom stereocenters. The van der Waals surface area contributed by atoms with E-state index < -0.39 is 21.9 Å². The quantitative estimate of drug-likeness (QED) is 0.919. The Morgan fingerprint density at radius 1 is 1.22 bits per heavy atom. The minimum absolute atomic E-state index is 0.194. The number of aliphatic hydroxyl groups is 1. The molecule has 23 heavy (non-hydrogen) atoms. The van der Waals surface area contributed by atoms with Gasteiger partial charge in [-0.05, 0) is 42.3 Å². The molecule has 0 spiro atoms. The molecular weight excluding hydrogens is 341 g/mol. The Morgan fingerprint density at radius 2 is 1.91 bits per heavy atom. The molecule has 122 valence electrons. The van der Waals surface area contributed by atoms with Crippen LogP contribution in [0.3, 0.4) is 0 Å². The smallest absolute Gasteiger partial charge is 0.239 e. The van der Waals surface area contributed by atoms with Crippen LogP contribution in [0.5, 0.6) is 0 Å². The second-order valence-corrected chi connectivity index (χ2v) is 7.79. The highest BCUT2D eigenvalue weighted by atomic mass is 35.5. The monoisotopic (exact) mass is 355 g/mol. The minimum atomic E-state index is -3.64. The predicted octanol–water partition coefficient (Wildman–Crippen LogP) is 3.25.